The summed E-state index contributed by atoms with van der Waals surface area (Å²) in [7, 11) is 0. The number of rotatable bonds is 6. The summed E-state index contributed by atoms with van der Waals surface area (Å²) in [5, 5.41) is 6.17. The molecule has 0 saturated carbocycles. The fourth-order valence-electron chi connectivity index (χ4n) is 2.14. The molecule has 0 aromatic heterocycles. The van der Waals surface area contributed by atoms with E-state index in [0.29, 0.717) is 31.1 Å². The number of hydrogen-bond donors (Lipinski definition) is 2. The Kier molecular flexibility index (Phi) is 6.02. The molecular formula is C15H19ClN2O3. The molecule has 0 spiro atoms. The van der Waals surface area contributed by atoms with Crippen molar-refractivity contribution in [2.24, 2.45) is 0 Å². The molecule has 0 bridgehead atoms. The Morgan fingerprint density at radius 1 is 1.19 bits per heavy atom. The molecule has 6 heteroatoms. The van der Waals surface area contributed by atoms with Crippen molar-refractivity contribution in [2.75, 3.05) is 19.7 Å². The summed E-state index contributed by atoms with van der Waals surface area (Å²) in [6.07, 6.45) is 1.68. The summed E-state index contributed by atoms with van der Waals surface area (Å²) in [5.74, 6) is -0.178. The van der Waals surface area contributed by atoms with Gasteiger partial charge in [-0.3, -0.25) is 9.59 Å². The number of hydrogen-bond acceptors (Lipinski definition) is 3. The van der Waals surface area contributed by atoms with E-state index in [-0.39, 0.29) is 17.9 Å². The van der Waals surface area contributed by atoms with Crippen LogP contribution < -0.4 is 10.6 Å². The van der Waals surface area contributed by atoms with Crippen LogP contribution in [-0.4, -0.2) is 37.6 Å². The van der Waals surface area contributed by atoms with Gasteiger partial charge in [-0.15, -0.1) is 0 Å². The van der Waals surface area contributed by atoms with E-state index in [9.17, 15) is 9.59 Å². The molecule has 1 aromatic rings. The number of amides is 2. The fraction of sp³-hybridized carbons (Fsp3) is 0.467. The lowest BCUT2D eigenvalue weighted by Gasteiger charge is -2.11. The van der Waals surface area contributed by atoms with E-state index in [1.54, 1.807) is 12.1 Å². The first-order valence-electron chi connectivity index (χ1n) is 7.05. The van der Waals surface area contributed by atoms with Crippen molar-refractivity contribution in [2.45, 2.75) is 25.4 Å². The second-order valence-corrected chi connectivity index (χ2v) is 5.38. The van der Waals surface area contributed by atoms with Crippen molar-refractivity contribution in [3.63, 3.8) is 0 Å². The van der Waals surface area contributed by atoms with Crippen LogP contribution in [0.1, 0.15) is 18.4 Å². The van der Waals surface area contributed by atoms with Crippen LogP contribution in [0.3, 0.4) is 0 Å². The van der Waals surface area contributed by atoms with Gasteiger partial charge in [0.25, 0.3) is 0 Å². The number of carbonyl (C=O) groups is 2. The third kappa shape index (κ3) is 5.36. The van der Waals surface area contributed by atoms with Gasteiger partial charge in [0.05, 0.1) is 6.42 Å². The molecule has 2 N–H and O–H groups in total. The van der Waals surface area contributed by atoms with Gasteiger partial charge in [-0.25, -0.2) is 0 Å². The van der Waals surface area contributed by atoms with Gasteiger partial charge in [-0.05, 0) is 30.5 Å². The molecule has 1 unspecified atom stereocenters. The predicted octanol–water partition coefficient (Wildman–Crippen LogP) is 1.29. The summed E-state index contributed by atoms with van der Waals surface area (Å²) < 4.78 is 5.27. The lowest BCUT2D eigenvalue weighted by Crippen LogP contribution is -2.39. The average Bonchev–Trinajstić information content (AvgIpc) is 3.00. The topological polar surface area (TPSA) is 67.4 Å². The largest absolute Gasteiger partial charge is 0.368 e. The van der Waals surface area contributed by atoms with Crippen LogP contribution in [0, 0.1) is 0 Å². The summed E-state index contributed by atoms with van der Waals surface area (Å²) in [4.78, 5) is 23.4. The van der Waals surface area contributed by atoms with Gasteiger partial charge in [0, 0.05) is 24.7 Å². The number of halogens is 1. The maximum absolute atomic E-state index is 11.7. The standard InChI is InChI=1S/C15H19ClN2O3/c16-12-5-3-11(4-6-12)10-14(19)17-7-8-18-15(20)13-2-1-9-21-13/h3-6,13H,1-2,7-10H2,(H,17,19)(H,18,20). The zero-order valence-corrected chi connectivity index (χ0v) is 12.5. The smallest absolute Gasteiger partial charge is 0.249 e. The Labute approximate surface area is 129 Å². The summed E-state index contributed by atoms with van der Waals surface area (Å²) in [5.41, 5.74) is 0.903. The van der Waals surface area contributed by atoms with Crippen LogP contribution in [0.2, 0.25) is 5.02 Å². The van der Waals surface area contributed by atoms with Gasteiger partial charge in [-0.2, -0.15) is 0 Å². The van der Waals surface area contributed by atoms with Crippen LogP contribution in [0.5, 0.6) is 0 Å². The highest BCUT2D eigenvalue weighted by molar-refractivity contribution is 6.30. The number of nitrogens with one attached hydrogen (secondary N) is 2. The van der Waals surface area contributed by atoms with Gasteiger partial charge in [0.1, 0.15) is 6.10 Å². The molecule has 0 radical (unpaired) electrons. The summed E-state index contributed by atoms with van der Waals surface area (Å²) in [6, 6.07) is 7.15. The molecule has 1 fully saturated rings. The van der Waals surface area contributed by atoms with Crippen molar-refractivity contribution in [1.82, 2.24) is 10.6 Å². The quantitative estimate of drug-likeness (QED) is 0.778. The zero-order chi connectivity index (χ0) is 15.1. The molecule has 5 nitrogen and oxygen atoms in total. The first-order valence-corrected chi connectivity index (χ1v) is 7.43. The Hall–Kier alpha value is -1.59. The highest BCUT2D eigenvalue weighted by Crippen LogP contribution is 2.11. The number of carbonyl (C=O) groups excluding carboxylic acids is 2. The zero-order valence-electron chi connectivity index (χ0n) is 11.7. The van der Waals surface area contributed by atoms with Crippen LogP contribution in [0.4, 0.5) is 0 Å². The van der Waals surface area contributed by atoms with Gasteiger partial charge in [-0.1, -0.05) is 23.7 Å². The maximum atomic E-state index is 11.7. The van der Waals surface area contributed by atoms with E-state index in [4.69, 9.17) is 16.3 Å². The predicted molar refractivity (Wildman–Crippen MR) is 80.1 cm³/mol. The average molecular weight is 311 g/mol. The Balaban J connectivity index is 1.60. The van der Waals surface area contributed by atoms with E-state index in [1.165, 1.54) is 0 Å². The SMILES string of the molecule is O=C(Cc1ccc(Cl)cc1)NCCNC(=O)C1CCCO1. The Morgan fingerprint density at radius 3 is 2.57 bits per heavy atom. The van der Waals surface area contributed by atoms with E-state index >= 15 is 0 Å². The van der Waals surface area contributed by atoms with Crippen molar-refractivity contribution < 1.29 is 14.3 Å². The molecule has 114 valence electrons. The molecule has 1 aromatic carbocycles. The first kappa shape index (κ1) is 15.8. The lowest BCUT2D eigenvalue weighted by atomic mass is 10.1. The van der Waals surface area contributed by atoms with E-state index in [1.807, 2.05) is 12.1 Å². The maximum Gasteiger partial charge on any atom is 0.249 e. The number of ether oxygens (including phenoxy) is 1. The van der Waals surface area contributed by atoms with Gasteiger partial charge < -0.3 is 15.4 Å². The molecule has 1 heterocycles. The van der Waals surface area contributed by atoms with Crippen LogP contribution in [0.25, 0.3) is 0 Å². The van der Waals surface area contributed by atoms with Crippen molar-refractivity contribution >= 4 is 23.4 Å². The van der Waals surface area contributed by atoms with Crippen molar-refractivity contribution in [3.8, 4) is 0 Å². The third-order valence-corrected chi connectivity index (χ3v) is 3.50. The molecular weight excluding hydrogens is 292 g/mol. The van der Waals surface area contributed by atoms with Crippen molar-refractivity contribution in [1.29, 1.82) is 0 Å². The van der Waals surface area contributed by atoms with E-state index in [0.717, 1.165) is 18.4 Å². The normalized spacial score (nSPS) is 17.5. The number of benzene rings is 1. The minimum absolute atomic E-state index is 0.0799. The highest BCUT2D eigenvalue weighted by atomic mass is 35.5. The second kappa shape index (κ2) is 8.00. The third-order valence-electron chi connectivity index (χ3n) is 3.25. The molecule has 21 heavy (non-hydrogen) atoms. The van der Waals surface area contributed by atoms with Gasteiger partial charge >= 0.3 is 0 Å². The molecule has 2 amide bonds. The fourth-order valence-corrected chi connectivity index (χ4v) is 2.26. The molecule has 0 aliphatic carbocycles. The molecule has 1 saturated heterocycles. The van der Waals surface area contributed by atoms with Crippen LogP contribution in [0.15, 0.2) is 24.3 Å². The minimum atomic E-state index is -0.324. The van der Waals surface area contributed by atoms with E-state index < -0.39 is 0 Å². The van der Waals surface area contributed by atoms with Gasteiger partial charge in [0.15, 0.2) is 0 Å². The first-order chi connectivity index (χ1) is 10.1. The summed E-state index contributed by atoms with van der Waals surface area (Å²) >= 11 is 5.78. The Bertz CT molecular complexity index is 484. The molecule has 1 aliphatic rings. The monoisotopic (exact) mass is 310 g/mol. The molecule has 2 rings (SSSR count). The second-order valence-electron chi connectivity index (χ2n) is 4.95. The minimum Gasteiger partial charge on any atom is -0.368 e. The molecule has 1 aliphatic heterocycles. The Morgan fingerprint density at radius 2 is 1.90 bits per heavy atom. The van der Waals surface area contributed by atoms with Crippen molar-refractivity contribution in [3.05, 3.63) is 34.9 Å². The molecule has 1 atom stereocenters. The van der Waals surface area contributed by atoms with Crippen LogP contribution >= 0.6 is 11.6 Å². The summed E-state index contributed by atoms with van der Waals surface area (Å²) in [6.45, 7) is 1.46. The highest BCUT2D eigenvalue weighted by Gasteiger charge is 2.22. The van der Waals surface area contributed by atoms with Gasteiger partial charge in [0.2, 0.25) is 11.8 Å². The van der Waals surface area contributed by atoms with E-state index in [2.05, 4.69) is 10.6 Å². The lowest BCUT2D eigenvalue weighted by molar-refractivity contribution is -0.130. The van der Waals surface area contributed by atoms with Crippen LogP contribution in [-0.2, 0) is 20.7 Å².